The number of nitrogens with one attached hydrogen (secondary N) is 1. The van der Waals surface area contributed by atoms with Crippen LogP contribution in [0.1, 0.15) is 38.7 Å². The molecule has 1 N–H and O–H groups in total. The molecule has 1 amide bonds. The normalized spacial score (nSPS) is 18.3. The average molecular weight is 407 g/mol. The van der Waals surface area contributed by atoms with Crippen molar-refractivity contribution in [3.63, 3.8) is 0 Å². The van der Waals surface area contributed by atoms with E-state index in [4.69, 9.17) is 0 Å². The molecule has 0 aromatic heterocycles. The number of fused-ring (bicyclic) bond motifs is 1. The van der Waals surface area contributed by atoms with Crippen LogP contribution in [0.5, 0.6) is 0 Å². The lowest BCUT2D eigenvalue weighted by Crippen LogP contribution is -2.48. The Morgan fingerprint density at radius 2 is 1.73 bits per heavy atom. The predicted octanol–water partition coefficient (Wildman–Crippen LogP) is 3.01. The molecule has 0 bridgehead atoms. The maximum Gasteiger partial charge on any atom is 0.251 e. The monoisotopic (exact) mass is 406 g/mol. The number of piperazine rings is 1. The lowest BCUT2D eigenvalue weighted by molar-refractivity contribution is 0.0886. The highest BCUT2D eigenvalue weighted by atomic mass is 16.1. The molecule has 0 radical (unpaired) electrons. The Morgan fingerprint density at radius 3 is 2.47 bits per heavy atom. The number of benzene rings is 2. The Bertz CT molecular complexity index is 917. The van der Waals surface area contributed by atoms with Gasteiger partial charge in [-0.1, -0.05) is 18.2 Å². The second-order valence-electron chi connectivity index (χ2n) is 8.92. The molecule has 0 unspecified atom stereocenters. The minimum atomic E-state index is 0.0121. The molecule has 2 heterocycles. The van der Waals surface area contributed by atoms with Gasteiger partial charge in [0.2, 0.25) is 0 Å². The molecule has 160 valence electrons. The van der Waals surface area contributed by atoms with Crippen LogP contribution < -0.4 is 10.2 Å². The van der Waals surface area contributed by atoms with Gasteiger partial charge >= 0.3 is 0 Å². The molecule has 1 fully saturated rings. The largest absolute Gasteiger partial charge is 0.374 e. The van der Waals surface area contributed by atoms with E-state index in [-0.39, 0.29) is 11.9 Å². The van der Waals surface area contributed by atoms with Crippen LogP contribution in [-0.2, 0) is 6.42 Å². The number of hydrogen-bond acceptors (Lipinski definition) is 4. The third-order valence-electron chi connectivity index (χ3n) is 6.82. The number of nitrogens with zero attached hydrogens (tertiary/aromatic N) is 3. The van der Waals surface area contributed by atoms with E-state index in [1.54, 1.807) is 0 Å². The molecular formula is C25H34N4O. The molecule has 2 aliphatic rings. The van der Waals surface area contributed by atoms with Gasteiger partial charge in [-0.15, -0.1) is 0 Å². The summed E-state index contributed by atoms with van der Waals surface area (Å²) >= 11 is 0. The van der Waals surface area contributed by atoms with Gasteiger partial charge in [-0.2, -0.15) is 0 Å². The Labute approximate surface area is 180 Å². The van der Waals surface area contributed by atoms with Crippen molar-refractivity contribution < 1.29 is 4.79 Å². The summed E-state index contributed by atoms with van der Waals surface area (Å²) in [6.07, 6.45) is 1.10. The molecule has 1 saturated heterocycles. The zero-order valence-corrected chi connectivity index (χ0v) is 18.7. The van der Waals surface area contributed by atoms with Crippen LogP contribution in [-0.4, -0.2) is 69.1 Å². The lowest BCUT2D eigenvalue weighted by Gasteiger charge is -2.38. The molecule has 4 rings (SSSR count). The highest BCUT2D eigenvalue weighted by Crippen LogP contribution is 2.31. The number of rotatable bonds is 5. The van der Waals surface area contributed by atoms with Gasteiger partial charge in [0, 0.05) is 57.6 Å². The fraction of sp³-hybridized carbons (Fsp3) is 0.480. The molecule has 5 nitrogen and oxygen atoms in total. The quantitative estimate of drug-likeness (QED) is 0.829. The highest BCUT2D eigenvalue weighted by Gasteiger charge is 2.26. The Hall–Kier alpha value is -2.37. The van der Waals surface area contributed by atoms with E-state index >= 15 is 0 Å². The van der Waals surface area contributed by atoms with Gasteiger partial charge in [-0.05, 0) is 67.8 Å². The molecule has 1 atom stereocenters. The molecule has 30 heavy (non-hydrogen) atoms. The molecule has 0 spiro atoms. The van der Waals surface area contributed by atoms with E-state index in [1.165, 1.54) is 22.4 Å². The second kappa shape index (κ2) is 8.78. The molecule has 5 heteroatoms. The maximum atomic E-state index is 12.9. The van der Waals surface area contributed by atoms with Crippen molar-refractivity contribution in [2.75, 3.05) is 58.3 Å². The summed E-state index contributed by atoms with van der Waals surface area (Å²) in [6.45, 7) is 10.0. The first-order chi connectivity index (χ1) is 14.4. The van der Waals surface area contributed by atoms with Crippen LogP contribution in [0.25, 0.3) is 0 Å². The van der Waals surface area contributed by atoms with E-state index < -0.39 is 0 Å². The molecular weight excluding hydrogens is 372 g/mol. The van der Waals surface area contributed by atoms with Crippen LogP contribution in [0.4, 0.5) is 5.69 Å². The van der Waals surface area contributed by atoms with Crippen molar-refractivity contribution >= 4 is 11.6 Å². The SMILES string of the molecule is Cc1ccc(C(=O)NC[C@@H](c2ccc3c(c2)CCN3C)N2CCN(C)CC2)cc1C. The van der Waals surface area contributed by atoms with Gasteiger partial charge in [0.05, 0.1) is 6.04 Å². The number of anilines is 1. The van der Waals surface area contributed by atoms with Crippen LogP contribution in [0.15, 0.2) is 36.4 Å². The Morgan fingerprint density at radius 1 is 0.967 bits per heavy atom. The number of aryl methyl sites for hydroxylation is 2. The van der Waals surface area contributed by atoms with Crippen LogP contribution in [0.3, 0.4) is 0 Å². The number of carbonyl (C=O) groups excluding carboxylic acids is 1. The molecule has 2 aliphatic heterocycles. The third-order valence-corrected chi connectivity index (χ3v) is 6.82. The zero-order chi connectivity index (χ0) is 21.3. The van der Waals surface area contributed by atoms with Crippen molar-refractivity contribution in [1.82, 2.24) is 15.1 Å². The van der Waals surface area contributed by atoms with Crippen LogP contribution in [0.2, 0.25) is 0 Å². The predicted molar refractivity (Wildman–Crippen MR) is 123 cm³/mol. The number of carbonyl (C=O) groups is 1. The molecule has 2 aromatic carbocycles. The van der Waals surface area contributed by atoms with Crippen LogP contribution >= 0.6 is 0 Å². The Balaban J connectivity index is 1.53. The van der Waals surface area contributed by atoms with Crippen LogP contribution in [0, 0.1) is 13.8 Å². The van der Waals surface area contributed by atoms with Gasteiger partial charge in [0.1, 0.15) is 0 Å². The average Bonchev–Trinajstić information content (AvgIpc) is 3.11. The van der Waals surface area contributed by atoms with Crippen molar-refractivity contribution in [3.05, 3.63) is 64.2 Å². The van der Waals surface area contributed by atoms with Crippen molar-refractivity contribution in [3.8, 4) is 0 Å². The van der Waals surface area contributed by atoms with Crippen molar-refractivity contribution in [1.29, 1.82) is 0 Å². The van der Waals surface area contributed by atoms with Gasteiger partial charge < -0.3 is 15.1 Å². The van der Waals surface area contributed by atoms with Gasteiger partial charge in [0.15, 0.2) is 0 Å². The van der Waals surface area contributed by atoms with Gasteiger partial charge in [-0.25, -0.2) is 0 Å². The Kier molecular flexibility index (Phi) is 6.11. The van der Waals surface area contributed by atoms with E-state index in [1.807, 2.05) is 18.2 Å². The lowest BCUT2D eigenvalue weighted by atomic mass is 9.99. The summed E-state index contributed by atoms with van der Waals surface area (Å²) in [6, 6.07) is 13.0. The molecule has 2 aromatic rings. The minimum absolute atomic E-state index is 0.0121. The van der Waals surface area contributed by atoms with Crippen molar-refractivity contribution in [2.24, 2.45) is 0 Å². The second-order valence-corrected chi connectivity index (χ2v) is 8.92. The van der Waals surface area contributed by atoms with Gasteiger partial charge in [0.25, 0.3) is 5.91 Å². The number of amides is 1. The maximum absolute atomic E-state index is 12.9. The summed E-state index contributed by atoms with van der Waals surface area (Å²) in [5.74, 6) is 0.0121. The smallest absolute Gasteiger partial charge is 0.251 e. The number of likely N-dealkylation sites (N-methyl/N-ethyl adjacent to an activating group) is 2. The molecule has 0 saturated carbocycles. The first-order valence-electron chi connectivity index (χ1n) is 11.0. The topological polar surface area (TPSA) is 38.8 Å². The van der Waals surface area contributed by atoms with Gasteiger partial charge in [-0.3, -0.25) is 9.69 Å². The summed E-state index contributed by atoms with van der Waals surface area (Å²) in [5, 5.41) is 3.22. The highest BCUT2D eigenvalue weighted by molar-refractivity contribution is 5.94. The van der Waals surface area contributed by atoms with E-state index in [2.05, 4.69) is 66.2 Å². The minimum Gasteiger partial charge on any atom is -0.374 e. The molecule has 0 aliphatic carbocycles. The zero-order valence-electron chi connectivity index (χ0n) is 18.7. The standard InChI is InChI=1S/C25H34N4O/c1-18-5-6-22(15-19(18)2)25(30)26-17-24(29-13-11-27(3)12-14-29)20-7-8-23-21(16-20)9-10-28(23)4/h5-8,15-16,24H,9-14,17H2,1-4H3,(H,26,30)/t24-/m0/s1. The third kappa shape index (κ3) is 4.37. The van der Waals surface area contributed by atoms with Crippen molar-refractivity contribution in [2.45, 2.75) is 26.3 Å². The summed E-state index contributed by atoms with van der Waals surface area (Å²) in [7, 11) is 4.34. The summed E-state index contributed by atoms with van der Waals surface area (Å²) < 4.78 is 0. The summed E-state index contributed by atoms with van der Waals surface area (Å²) in [4.78, 5) is 20.1. The van der Waals surface area contributed by atoms with E-state index in [0.29, 0.717) is 6.54 Å². The summed E-state index contributed by atoms with van der Waals surface area (Å²) in [5.41, 5.74) is 7.19. The first kappa shape index (κ1) is 20.9. The first-order valence-corrected chi connectivity index (χ1v) is 11.0. The fourth-order valence-electron chi connectivity index (χ4n) is 4.56. The van der Waals surface area contributed by atoms with E-state index in [0.717, 1.165) is 50.3 Å². The number of hydrogen-bond donors (Lipinski definition) is 1. The fourth-order valence-corrected chi connectivity index (χ4v) is 4.56. The van der Waals surface area contributed by atoms with E-state index in [9.17, 15) is 4.79 Å².